The maximum absolute atomic E-state index is 12.5. The number of carbonyl (C=O) groups is 3. The number of carboxylic acids is 1. The highest BCUT2D eigenvalue weighted by molar-refractivity contribution is 5.90. The van der Waals surface area contributed by atoms with Crippen LogP contribution in [0.1, 0.15) is 20.3 Å². The van der Waals surface area contributed by atoms with Crippen LogP contribution < -0.4 is 5.32 Å². The zero-order valence-corrected chi connectivity index (χ0v) is 12.4. The fourth-order valence-electron chi connectivity index (χ4n) is 3.39. The van der Waals surface area contributed by atoms with Crippen molar-refractivity contribution in [2.75, 3.05) is 7.11 Å². The molecule has 0 aromatic heterocycles. The Hall–Kier alpha value is -1.85. The van der Waals surface area contributed by atoms with Crippen molar-refractivity contribution in [3.8, 4) is 0 Å². The molecule has 2 rings (SSSR count). The molecule has 6 nitrogen and oxygen atoms in total. The molecule has 5 atom stereocenters. The number of allylic oxidation sites excluding steroid dienone is 2. The molecule has 0 radical (unpaired) electrons. The van der Waals surface area contributed by atoms with Gasteiger partial charge in [0.2, 0.25) is 5.91 Å². The van der Waals surface area contributed by atoms with Crippen LogP contribution in [0, 0.1) is 29.6 Å². The highest BCUT2D eigenvalue weighted by atomic mass is 16.5. The van der Waals surface area contributed by atoms with Crippen molar-refractivity contribution in [1.82, 2.24) is 5.32 Å². The zero-order valence-electron chi connectivity index (χ0n) is 12.4. The summed E-state index contributed by atoms with van der Waals surface area (Å²) in [5.41, 5.74) is 0. The fraction of sp³-hybridized carbons (Fsp3) is 0.667. The molecule has 1 amide bonds. The lowest BCUT2D eigenvalue weighted by Crippen LogP contribution is -2.49. The molecule has 4 unspecified atom stereocenters. The van der Waals surface area contributed by atoms with E-state index in [1.54, 1.807) is 13.8 Å². The Labute approximate surface area is 123 Å². The quantitative estimate of drug-likeness (QED) is 0.579. The first-order chi connectivity index (χ1) is 9.86. The van der Waals surface area contributed by atoms with Crippen molar-refractivity contribution in [3.63, 3.8) is 0 Å². The summed E-state index contributed by atoms with van der Waals surface area (Å²) in [6.45, 7) is 3.61. The second-order valence-electron chi connectivity index (χ2n) is 6.09. The number of hydrogen-bond donors (Lipinski definition) is 2. The smallest absolute Gasteiger partial charge is 0.328 e. The first-order valence-electron chi connectivity index (χ1n) is 7.16. The Kier molecular flexibility index (Phi) is 4.34. The Balaban J connectivity index is 2.14. The van der Waals surface area contributed by atoms with Gasteiger partial charge in [0.05, 0.1) is 18.9 Å². The minimum Gasteiger partial charge on any atom is -0.481 e. The van der Waals surface area contributed by atoms with Crippen LogP contribution in [-0.4, -0.2) is 36.1 Å². The molecule has 2 N–H and O–H groups in total. The number of rotatable bonds is 5. The molecule has 1 fully saturated rings. The van der Waals surface area contributed by atoms with Crippen LogP contribution in [0.5, 0.6) is 0 Å². The van der Waals surface area contributed by atoms with Crippen LogP contribution >= 0.6 is 0 Å². The average Bonchev–Trinajstić information content (AvgIpc) is 3.03. The predicted octanol–water partition coefficient (Wildman–Crippen LogP) is 0.823. The van der Waals surface area contributed by atoms with Gasteiger partial charge in [-0.15, -0.1) is 0 Å². The van der Waals surface area contributed by atoms with E-state index in [1.165, 1.54) is 7.11 Å². The van der Waals surface area contributed by atoms with Gasteiger partial charge in [-0.05, 0) is 24.2 Å². The number of fused-ring (bicyclic) bond motifs is 2. The average molecular weight is 295 g/mol. The van der Waals surface area contributed by atoms with E-state index < -0.39 is 29.8 Å². The summed E-state index contributed by atoms with van der Waals surface area (Å²) in [5, 5.41) is 12.0. The monoisotopic (exact) mass is 295 g/mol. The van der Waals surface area contributed by atoms with Gasteiger partial charge >= 0.3 is 11.9 Å². The third kappa shape index (κ3) is 2.80. The largest absolute Gasteiger partial charge is 0.481 e. The normalized spacial score (nSPS) is 31.2. The van der Waals surface area contributed by atoms with Crippen molar-refractivity contribution >= 4 is 17.8 Å². The summed E-state index contributed by atoms with van der Waals surface area (Å²) in [5.74, 6) is -3.41. The first kappa shape index (κ1) is 15.5. The van der Waals surface area contributed by atoms with Crippen LogP contribution in [0.3, 0.4) is 0 Å². The first-order valence-corrected chi connectivity index (χ1v) is 7.16. The summed E-state index contributed by atoms with van der Waals surface area (Å²) in [6, 6.07) is -0.750. The fourth-order valence-corrected chi connectivity index (χ4v) is 3.39. The van der Waals surface area contributed by atoms with Crippen molar-refractivity contribution in [3.05, 3.63) is 12.2 Å². The van der Waals surface area contributed by atoms with Crippen LogP contribution in [0.15, 0.2) is 12.2 Å². The maximum atomic E-state index is 12.5. The molecule has 0 aliphatic heterocycles. The van der Waals surface area contributed by atoms with Crippen LogP contribution in [-0.2, 0) is 19.1 Å². The standard InChI is InChI=1S/C15H21NO5/c1-7(2)12(15(20)21-3)16-13(17)10-8-4-5-9(6-8)11(10)14(18)19/h4-5,7-12H,6H2,1-3H3,(H,16,17)(H,18,19)/t8?,9?,10?,11?,12-/m0/s1. The summed E-state index contributed by atoms with van der Waals surface area (Å²) in [7, 11) is 1.27. The van der Waals surface area contributed by atoms with Crippen LogP contribution in [0.25, 0.3) is 0 Å². The van der Waals surface area contributed by atoms with E-state index in [9.17, 15) is 19.5 Å². The van der Waals surface area contributed by atoms with E-state index >= 15 is 0 Å². The van der Waals surface area contributed by atoms with E-state index in [2.05, 4.69) is 10.1 Å². The molecule has 0 aromatic rings. The van der Waals surface area contributed by atoms with Gasteiger partial charge in [0.15, 0.2) is 0 Å². The third-order valence-electron chi connectivity index (χ3n) is 4.47. The van der Waals surface area contributed by atoms with E-state index in [4.69, 9.17) is 0 Å². The molecule has 0 spiro atoms. The van der Waals surface area contributed by atoms with Gasteiger partial charge < -0.3 is 15.2 Å². The molecule has 1 saturated carbocycles. The Bertz CT molecular complexity index is 484. The number of amides is 1. The molecule has 116 valence electrons. The van der Waals surface area contributed by atoms with Gasteiger partial charge in [0.25, 0.3) is 0 Å². The number of esters is 1. The SMILES string of the molecule is COC(=O)[C@@H](NC(=O)C1C2C=CC(C2)C1C(=O)O)C(C)C. The van der Waals surface area contributed by atoms with Gasteiger partial charge in [-0.1, -0.05) is 26.0 Å². The Morgan fingerprint density at radius 2 is 1.76 bits per heavy atom. The number of nitrogens with one attached hydrogen (secondary N) is 1. The van der Waals surface area contributed by atoms with Gasteiger partial charge in [-0.25, -0.2) is 4.79 Å². The molecular weight excluding hydrogens is 274 g/mol. The second-order valence-corrected chi connectivity index (χ2v) is 6.09. The summed E-state index contributed by atoms with van der Waals surface area (Å²) in [4.78, 5) is 35.6. The molecule has 0 aromatic carbocycles. The molecule has 2 aliphatic rings. The predicted molar refractivity (Wildman–Crippen MR) is 74.1 cm³/mol. The highest BCUT2D eigenvalue weighted by Crippen LogP contribution is 2.48. The van der Waals surface area contributed by atoms with Crippen molar-refractivity contribution in [2.45, 2.75) is 26.3 Å². The summed E-state index contributed by atoms with van der Waals surface area (Å²) < 4.78 is 4.69. The number of aliphatic carboxylic acids is 1. The van der Waals surface area contributed by atoms with Crippen molar-refractivity contribution in [1.29, 1.82) is 0 Å². The van der Waals surface area contributed by atoms with Crippen molar-refractivity contribution in [2.24, 2.45) is 29.6 Å². The number of hydrogen-bond acceptors (Lipinski definition) is 4. The Morgan fingerprint density at radius 3 is 2.24 bits per heavy atom. The van der Waals surface area contributed by atoms with Crippen LogP contribution in [0.2, 0.25) is 0 Å². The molecular formula is C15H21NO5. The van der Waals surface area contributed by atoms with Gasteiger partial charge in [-0.3, -0.25) is 9.59 Å². The van der Waals surface area contributed by atoms with Gasteiger partial charge in [-0.2, -0.15) is 0 Å². The number of carbonyl (C=O) groups excluding carboxylic acids is 2. The van der Waals surface area contributed by atoms with E-state index in [-0.39, 0.29) is 23.7 Å². The summed E-state index contributed by atoms with van der Waals surface area (Å²) in [6.07, 6.45) is 4.49. The van der Waals surface area contributed by atoms with Gasteiger partial charge in [0.1, 0.15) is 6.04 Å². The number of ether oxygens (including phenoxy) is 1. The lowest BCUT2D eigenvalue weighted by atomic mass is 9.82. The third-order valence-corrected chi connectivity index (χ3v) is 4.47. The topological polar surface area (TPSA) is 92.7 Å². The molecule has 0 heterocycles. The number of methoxy groups -OCH3 is 1. The Morgan fingerprint density at radius 1 is 1.19 bits per heavy atom. The molecule has 0 saturated heterocycles. The molecule has 2 bridgehead atoms. The summed E-state index contributed by atoms with van der Waals surface area (Å²) >= 11 is 0. The lowest BCUT2D eigenvalue weighted by molar-refractivity contribution is -0.150. The molecule has 2 aliphatic carbocycles. The van der Waals surface area contributed by atoms with E-state index in [1.807, 2.05) is 12.2 Å². The lowest BCUT2D eigenvalue weighted by Gasteiger charge is -2.27. The zero-order chi connectivity index (χ0) is 15.7. The minimum atomic E-state index is -0.953. The van der Waals surface area contributed by atoms with Crippen LogP contribution in [0.4, 0.5) is 0 Å². The molecule has 6 heteroatoms. The van der Waals surface area contributed by atoms with E-state index in [0.29, 0.717) is 6.42 Å². The molecule has 21 heavy (non-hydrogen) atoms. The number of carboxylic acid groups (broad SMARTS) is 1. The van der Waals surface area contributed by atoms with Crippen molar-refractivity contribution < 1.29 is 24.2 Å². The maximum Gasteiger partial charge on any atom is 0.328 e. The van der Waals surface area contributed by atoms with Gasteiger partial charge in [0, 0.05) is 0 Å². The second kappa shape index (κ2) is 5.87. The minimum absolute atomic E-state index is 0.0541. The van der Waals surface area contributed by atoms with E-state index in [0.717, 1.165) is 0 Å². The highest BCUT2D eigenvalue weighted by Gasteiger charge is 2.52.